The number of ketones is 1. The van der Waals surface area contributed by atoms with Crippen LogP contribution in [-0.2, 0) is 4.79 Å². The van der Waals surface area contributed by atoms with Crippen LogP contribution in [0, 0.1) is 46.7 Å². The van der Waals surface area contributed by atoms with E-state index in [9.17, 15) is 41.4 Å². The lowest BCUT2D eigenvalue weighted by Crippen LogP contribution is -2.26. The quantitative estimate of drug-likeness (QED) is 0.306. The molecule has 0 aliphatic heterocycles. The van der Waals surface area contributed by atoms with Gasteiger partial charge in [-0.05, 0) is 43.3 Å². The van der Waals surface area contributed by atoms with Crippen molar-refractivity contribution in [3.05, 3.63) is 57.2 Å². The van der Waals surface area contributed by atoms with Gasteiger partial charge < -0.3 is 19.7 Å². The molecule has 0 saturated heterocycles. The smallest absolute Gasteiger partial charge is 0.205 e. The average molecular weight is 514 g/mol. The van der Waals surface area contributed by atoms with Crippen LogP contribution >= 0.6 is 0 Å². The van der Waals surface area contributed by atoms with E-state index >= 15 is 0 Å². The largest absolute Gasteiger partial charge is 0.502 e. The SMILES string of the molecule is COc1c(O)c(F)c(F)c(/C=C2\CC3CCCC3/C(=C\c3c(F)c(F)c(O)c(OC)c3F)C2=O)c1F. The number of allylic oxidation sites excluding steroid dienone is 2. The average Bonchev–Trinajstić information content (AvgIpc) is 3.32. The second-order valence-corrected chi connectivity index (χ2v) is 8.57. The Morgan fingerprint density at radius 1 is 0.750 bits per heavy atom. The lowest BCUT2D eigenvalue weighted by molar-refractivity contribution is -0.113. The Labute approximate surface area is 201 Å². The van der Waals surface area contributed by atoms with Gasteiger partial charge in [0.2, 0.25) is 34.6 Å². The summed E-state index contributed by atoms with van der Waals surface area (Å²) in [6, 6.07) is 0. The number of hydrogen-bond acceptors (Lipinski definition) is 5. The maximum Gasteiger partial charge on any atom is 0.205 e. The molecule has 0 aromatic heterocycles. The molecule has 2 N–H and O–H groups in total. The summed E-state index contributed by atoms with van der Waals surface area (Å²) in [5.74, 6) is -16.2. The third kappa shape index (κ3) is 3.86. The molecular formula is C25H20F6O5. The highest BCUT2D eigenvalue weighted by atomic mass is 19.2. The third-order valence-corrected chi connectivity index (χ3v) is 6.70. The van der Waals surface area contributed by atoms with Gasteiger partial charge in [-0.25, -0.2) is 17.6 Å². The number of ether oxygens (including phenoxy) is 2. The number of carbonyl (C=O) groups is 1. The molecule has 36 heavy (non-hydrogen) atoms. The number of rotatable bonds is 4. The highest BCUT2D eigenvalue weighted by Crippen LogP contribution is 2.48. The Morgan fingerprint density at radius 2 is 1.25 bits per heavy atom. The minimum atomic E-state index is -1.78. The standard InChI is InChI=1S/C25H20F6O5/c1-35-24-17(28)13(15(26)19(30)22(24)33)7-10-6-9-4-3-5-11(9)12(21(10)32)8-14-16(27)20(31)23(34)25(36-2)18(14)29/h7-9,11,33-34H,3-6H2,1-2H3/b10-7+,12-8+. The normalized spacial score (nSPS) is 21.8. The van der Waals surface area contributed by atoms with Crippen molar-refractivity contribution in [3.63, 3.8) is 0 Å². The molecule has 0 radical (unpaired) electrons. The first-order chi connectivity index (χ1) is 17.0. The second kappa shape index (κ2) is 9.44. The minimum absolute atomic E-state index is 0.0444. The zero-order valence-electron chi connectivity index (χ0n) is 19.0. The van der Waals surface area contributed by atoms with Gasteiger partial charge in [0.05, 0.1) is 25.3 Å². The summed E-state index contributed by atoms with van der Waals surface area (Å²) in [5, 5.41) is 19.2. The molecule has 192 valence electrons. The number of halogens is 6. The number of Topliss-reactive ketones (excluding diaryl/α,β-unsaturated/α-hetero) is 1. The Balaban J connectivity index is 1.90. The number of hydrogen-bond donors (Lipinski definition) is 2. The fourth-order valence-electron chi connectivity index (χ4n) is 4.96. The molecule has 11 heteroatoms. The summed E-state index contributed by atoms with van der Waals surface area (Å²) in [4.78, 5) is 13.4. The number of phenols is 2. The van der Waals surface area contributed by atoms with E-state index in [2.05, 4.69) is 9.47 Å². The van der Waals surface area contributed by atoms with Crippen LogP contribution in [0.1, 0.15) is 36.8 Å². The van der Waals surface area contributed by atoms with Gasteiger partial charge >= 0.3 is 0 Å². The molecule has 2 fully saturated rings. The monoisotopic (exact) mass is 514 g/mol. The van der Waals surface area contributed by atoms with Crippen molar-refractivity contribution in [2.45, 2.75) is 25.7 Å². The van der Waals surface area contributed by atoms with E-state index in [-0.39, 0.29) is 23.5 Å². The van der Waals surface area contributed by atoms with Crippen LogP contribution in [0.15, 0.2) is 11.1 Å². The molecule has 0 bridgehead atoms. The Kier molecular flexibility index (Phi) is 6.68. The van der Waals surface area contributed by atoms with Crippen LogP contribution in [-0.4, -0.2) is 30.2 Å². The Bertz CT molecular complexity index is 1330. The predicted octanol–water partition coefficient (Wildman–Crippen LogP) is 5.81. The van der Waals surface area contributed by atoms with Crippen molar-refractivity contribution in [2.75, 3.05) is 14.2 Å². The number of fused-ring (bicyclic) bond motifs is 1. The molecule has 0 spiro atoms. The number of phenolic OH excluding ortho intramolecular Hbond substituents is 2. The van der Waals surface area contributed by atoms with Crippen molar-refractivity contribution < 1.29 is 50.8 Å². The van der Waals surface area contributed by atoms with E-state index in [4.69, 9.17) is 0 Å². The summed E-state index contributed by atoms with van der Waals surface area (Å²) in [6.07, 6.45) is 3.33. The van der Waals surface area contributed by atoms with E-state index < -0.39 is 80.7 Å². The molecule has 2 aliphatic rings. The van der Waals surface area contributed by atoms with Crippen molar-refractivity contribution in [1.82, 2.24) is 0 Å². The van der Waals surface area contributed by atoms with Gasteiger partial charge in [0.15, 0.2) is 29.1 Å². The van der Waals surface area contributed by atoms with Crippen LogP contribution in [0.5, 0.6) is 23.0 Å². The number of aromatic hydroxyl groups is 2. The lowest BCUT2D eigenvalue weighted by Gasteiger charge is -2.29. The summed E-state index contributed by atoms with van der Waals surface area (Å²) >= 11 is 0. The van der Waals surface area contributed by atoms with Gasteiger partial charge in [0.25, 0.3) is 0 Å². The summed E-state index contributed by atoms with van der Waals surface area (Å²) in [7, 11) is 1.86. The van der Waals surface area contributed by atoms with E-state index in [1.54, 1.807) is 0 Å². The fraction of sp³-hybridized carbons (Fsp3) is 0.320. The maximum atomic E-state index is 14.9. The topological polar surface area (TPSA) is 76.0 Å². The van der Waals surface area contributed by atoms with Crippen LogP contribution < -0.4 is 9.47 Å². The van der Waals surface area contributed by atoms with Gasteiger partial charge in [-0.3, -0.25) is 4.79 Å². The fourth-order valence-corrected chi connectivity index (χ4v) is 4.96. The zero-order valence-corrected chi connectivity index (χ0v) is 19.0. The van der Waals surface area contributed by atoms with Crippen molar-refractivity contribution in [1.29, 1.82) is 0 Å². The lowest BCUT2D eigenvalue weighted by atomic mass is 9.73. The number of benzene rings is 2. The number of carbonyl (C=O) groups excluding carboxylic acids is 1. The molecule has 2 aromatic rings. The molecular weight excluding hydrogens is 494 g/mol. The van der Waals surface area contributed by atoms with E-state index in [1.807, 2.05) is 0 Å². The van der Waals surface area contributed by atoms with Crippen LogP contribution in [0.25, 0.3) is 12.2 Å². The molecule has 2 atom stereocenters. The van der Waals surface area contributed by atoms with E-state index in [1.165, 1.54) is 0 Å². The van der Waals surface area contributed by atoms with Crippen LogP contribution in [0.4, 0.5) is 26.3 Å². The zero-order chi connectivity index (χ0) is 26.5. The third-order valence-electron chi connectivity index (χ3n) is 6.70. The van der Waals surface area contributed by atoms with Gasteiger partial charge in [-0.15, -0.1) is 0 Å². The molecule has 5 nitrogen and oxygen atoms in total. The second-order valence-electron chi connectivity index (χ2n) is 8.57. The molecule has 2 saturated carbocycles. The first-order valence-corrected chi connectivity index (χ1v) is 10.9. The summed E-state index contributed by atoms with van der Waals surface area (Å²) in [6.45, 7) is 0. The van der Waals surface area contributed by atoms with Crippen molar-refractivity contribution >= 4 is 17.9 Å². The van der Waals surface area contributed by atoms with Gasteiger partial charge in [-0.1, -0.05) is 6.42 Å². The molecule has 2 aromatic carbocycles. The first-order valence-electron chi connectivity index (χ1n) is 10.9. The van der Waals surface area contributed by atoms with Gasteiger partial charge in [0, 0.05) is 11.1 Å². The van der Waals surface area contributed by atoms with E-state index in [0.717, 1.165) is 26.4 Å². The highest BCUT2D eigenvalue weighted by Gasteiger charge is 2.40. The molecule has 4 rings (SSSR count). The van der Waals surface area contributed by atoms with Gasteiger partial charge in [-0.2, -0.15) is 8.78 Å². The Hall–Kier alpha value is -3.63. The molecule has 2 aliphatic carbocycles. The van der Waals surface area contributed by atoms with Crippen LogP contribution in [0.3, 0.4) is 0 Å². The van der Waals surface area contributed by atoms with Gasteiger partial charge in [0.1, 0.15) is 0 Å². The predicted molar refractivity (Wildman–Crippen MR) is 115 cm³/mol. The summed E-state index contributed by atoms with van der Waals surface area (Å²) < 4.78 is 96.3. The highest BCUT2D eigenvalue weighted by molar-refractivity contribution is 6.14. The maximum absolute atomic E-state index is 14.9. The Morgan fingerprint density at radius 3 is 1.75 bits per heavy atom. The van der Waals surface area contributed by atoms with Crippen molar-refractivity contribution in [2.24, 2.45) is 11.8 Å². The first kappa shape index (κ1) is 25.5. The number of methoxy groups -OCH3 is 2. The van der Waals surface area contributed by atoms with E-state index in [0.29, 0.717) is 19.3 Å². The molecule has 0 heterocycles. The minimum Gasteiger partial charge on any atom is -0.502 e. The molecule has 2 unspecified atom stereocenters. The van der Waals surface area contributed by atoms with Crippen molar-refractivity contribution in [3.8, 4) is 23.0 Å². The van der Waals surface area contributed by atoms with Crippen LogP contribution in [0.2, 0.25) is 0 Å². The molecule has 0 amide bonds. The summed E-state index contributed by atoms with van der Waals surface area (Å²) in [5.41, 5.74) is -2.25.